The Morgan fingerprint density at radius 1 is 1.29 bits per heavy atom. The summed E-state index contributed by atoms with van der Waals surface area (Å²) in [7, 11) is 0. The molecular weight excluding hydrogens is 324 g/mol. The third-order valence-corrected chi connectivity index (χ3v) is 2.77. The lowest BCUT2D eigenvalue weighted by atomic mass is 10.1. The van der Waals surface area contributed by atoms with Gasteiger partial charge in [-0.05, 0) is 50.9 Å². The molecule has 90 valence electrons. The lowest BCUT2D eigenvalue weighted by Gasteiger charge is -2.08. The lowest BCUT2D eigenvalue weighted by Crippen LogP contribution is -2.04. The molecule has 17 heavy (non-hydrogen) atoms. The molecule has 3 nitrogen and oxygen atoms in total. The molecule has 0 bridgehead atoms. The molecule has 0 unspecified atom stereocenters. The molecule has 0 amide bonds. The van der Waals surface area contributed by atoms with Gasteiger partial charge in [0.2, 0.25) is 0 Å². The molecule has 0 atom stereocenters. The molecule has 0 aliphatic carbocycles. The highest BCUT2D eigenvalue weighted by atomic mass is 79.9. The van der Waals surface area contributed by atoms with Crippen molar-refractivity contribution in [2.24, 2.45) is 0 Å². The van der Waals surface area contributed by atoms with Crippen molar-refractivity contribution in [3.63, 3.8) is 0 Å². The maximum absolute atomic E-state index is 12.5. The van der Waals surface area contributed by atoms with Crippen LogP contribution < -0.4 is 0 Å². The highest BCUT2D eigenvalue weighted by molar-refractivity contribution is 9.10. The Balaban J connectivity index is 2.54. The van der Waals surface area contributed by atoms with Crippen LogP contribution in [0.3, 0.4) is 0 Å². The summed E-state index contributed by atoms with van der Waals surface area (Å²) in [5.74, 6) is -0.0759. The van der Waals surface area contributed by atoms with E-state index in [2.05, 4.69) is 26.1 Å². The molecule has 1 aromatic heterocycles. The van der Waals surface area contributed by atoms with Crippen LogP contribution in [-0.4, -0.2) is 10.1 Å². The van der Waals surface area contributed by atoms with Gasteiger partial charge in [-0.25, -0.2) is 0 Å². The second kappa shape index (κ2) is 4.30. The Hall–Kier alpha value is -1.08. The van der Waals surface area contributed by atoms with Crippen LogP contribution in [0, 0.1) is 0 Å². The molecule has 0 saturated heterocycles. The van der Waals surface area contributed by atoms with E-state index in [4.69, 9.17) is 16.1 Å². The van der Waals surface area contributed by atoms with Crippen LogP contribution in [0.1, 0.15) is 5.56 Å². The third-order valence-electron chi connectivity index (χ3n) is 1.93. The highest BCUT2D eigenvalue weighted by Crippen LogP contribution is 2.35. The van der Waals surface area contributed by atoms with E-state index in [9.17, 15) is 13.2 Å². The zero-order valence-corrected chi connectivity index (χ0v) is 10.3. The molecule has 2 rings (SSSR count). The molecular formula is C9H3BrClF3N2O. The van der Waals surface area contributed by atoms with Gasteiger partial charge in [-0.2, -0.15) is 18.2 Å². The van der Waals surface area contributed by atoms with Crippen LogP contribution in [0.25, 0.3) is 11.5 Å². The molecule has 8 heteroatoms. The smallest absolute Gasteiger partial charge is 0.333 e. The normalized spacial score (nSPS) is 11.8. The zero-order valence-electron chi connectivity index (χ0n) is 7.92. The number of nitrogens with zero attached hydrogens (tertiary/aromatic N) is 2. The fraction of sp³-hybridized carbons (Fsp3) is 0.111. The number of hydrogen-bond donors (Lipinski definition) is 0. The van der Waals surface area contributed by atoms with E-state index in [1.165, 1.54) is 6.07 Å². The number of aromatic nitrogens is 2. The molecule has 0 N–H and O–H groups in total. The Morgan fingerprint density at radius 2 is 2.00 bits per heavy atom. The SMILES string of the molecule is FC(F)(F)c1ccc(Br)c(-c2nc(Cl)no2)c1. The van der Waals surface area contributed by atoms with E-state index < -0.39 is 11.7 Å². The summed E-state index contributed by atoms with van der Waals surface area (Å²) >= 11 is 8.54. The standard InChI is InChI=1S/C9H3BrClF3N2O/c10-6-2-1-4(9(12,13)14)3-5(6)7-15-8(11)16-17-7/h1-3H. The maximum atomic E-state index is 12.5. The van der Waals surface area contributed by atoms with E-state index in [1.807, 2.05) is 0 Å². The molecule has 0 aliphatic heterocycles. The van der Waals surface area contributed by atoms with Gasteiger partial charge in [0, 0.05) is 4.47 Å². The first kappa shape index (κ1) is 12.4. The second-order valence-corrected chi connectivity index (χ2v) is 4.25. The number of alkyl halides is 3. The summed E-state index contributed by atoms with van der Waals surface area (Å²) in [6.45, 7) is 0. The van der Waals surface area contributed by atoms with Crippen LogP contribution in [-0.2, 0) is 6.18 Å². The molecule has 0 spiro atoms. The quantitative estimate of drug-likeness (QED) is 0.789. The topological polar surface area (TPSA) is 38.9 Å². The van der Waals surface area contributed by atoms with Crippen molar-refractivity contribution >= 4 is 27.5 Å². The van der Waals surface area contributed by atoms with Crippen molar-refractivity contribution in [3.05, 3.63) is 33.5 Å². The number of benzene rings is 1. The van der Waals surface area contributed by atoms with Crippen molar-refractivity contribution in [2.75, 3.05) is 0 Å². The van der Waals surface area contributed by atoms with Crippen LogP contribution >= 0.6 is 27.5 Å². The molecule has 0 fully saturated rings. The van der Waals surface area contributed by atoms with E-state index >= 15 is 0 Å². The summed E-state index contributed by atoms with van der Waals surface area (Å²) in [5, 5.41) is 3.14. The average Bonchev–Trinajstić information content (AvgIpc) is 2.63. The maximum Gasteiger partial charge on any atom is 0.416 e. The summed E-state index contributed by atoms with van der Waals surface area (Å²) in [5.41, 5.74) is -0.663. The monoisotopic (exact) mass is 326 g/mol. The molecule has 0 radical (unpaired) electrons. The van der Waals surface area contributed by atoms with Crippen molar-refractivity contribution in [3.8, 4) is 11.5 Å². The Bertz CT molecular complexity index is 555. The molecule has 0 aliphatic rings. The van der Waals surface area contributed by atoms with Gasteiger partial charge in [0.15, 0.2) is 0 Å². The van der Waals surface area contributed by atoms with Gasteiger partial charge < -0.3 is 4.52 Å². The highest BCUT2D eigenvalue weighted by Gasteiger charge is 2.31. The van der Waals surface area contributed by atoms with Crippen molar-refractivity contribution < 1.29 is 17.7 Å². The number of halogens is 5. The minimum absolute atomic E-state index is 0.0759. The second-order valence-electron chi connectivity index (χ2n) is 3.06. The van der Waals surface area contributed by atoms with Gasteiger partial charge in [0.1, 0.15) is 0 Å². The van der Waals surface area contributed by atoms with Gasteiger partial charge in [-0.1, -0.05) is 0 Å². The van der Waals surface area contributed by atoms with Crippen molar-refractivity contribution in [1.29, 1.82) is 0 Å². The first-order valence-corrected chi connectivity index (χ1v) is 5.41. The molecule has 0 saturated carbocycles. The fourth-order valence-corrected chi connectivity index (χ4v) is 1.71. The summed E-state index contributed by atoms with van der Waals surface area (Å²) < 4.78 is 42.7. The fourth-order valence-electron chi connectivity index (χ4n) is 1.18. The van der Waals surface area contributed by atoms with Crippen molar-refractivity contribution in [1.82, 2.24) is 10.1 Å². The van der Waals surface area contributed by atoms with Crippen LogP contribution in [0.4, 0.5) is 13.2 Å². The van der Waals surface area contributed by atoms with Crippen molar-refractivity contribution in [2.45, 2.75) is 6.18 Å². The minimum Gasteiger partial charge on any atom is -0.333 e. The minimum atomic E-state index is -4.43. The Kier molecular flexibility index (Phi) is 3.13. The largest absolute Gasteiger partial charge is 0.416 e. The molecule has 1 aromatic carbocycles. The van der Waals surface area contributed by atoms with E-state index in [-0.39, 0.29) is 16.7 Å². The van der Waals surface area contributed by atoms with E-state index in [1.54, 1.807) is 0 Å². The first-order chi connectivity index (χ1) is 7.88. The molecule has 2 aromatic rings. The average molecular weight is 327 g/mol. The first-order valence-electron chi connectivity index (χ1n) is 4.24. The van der Waals surface area contributed by atoms with E-state index in [0.717, 1.165) is 12.1 Å². The Labute approximate surface area is 107 Å². The summed E-state index contributed by atoms with van der Waals surface area (Å²) in [6.07, 6.45) is -4.43. The third kappa shape index (κ3) is 2.61. The van der Waals surface area contributed by atoms with Gasteiger partial charge in [0.25, 0.3) is 11.2 Å². The summed E-state index contributed by atoms with van der Waals surface area (Å²) in [6, 6.07) is 3.12. The zero-order chi connectivity index (χ0) is 12.6. The van der Waals surface area contributed by atoms with Crippen LogP contribution in [0.15, 0.2) is 27.2 Å². The predicted octanol–water partition coefficient (Wildman–Crippen LogP) is 4.17. The lowest BCUT2D eigenvalue weighted by molar-refractivity contribution is -0.137. The summed E-state index contributed by atoms with van der Waals surface area (Å²) in [4.78, 5) is 3.66. The Morgan fingerprint density at radius 3 is 2.53 bits per heavy atom. The van der Waals surface area contributed by atoms with Gasteiger partial charge in [-0.15, -0.1) is 0 Å². The van der Waals surface area contributed by atoms with Crippen LogP contribution in [0.5, 0.6) is 0 Å². The van der Waals surface area contributed by atoms with Crippen LogP contribution in [0.2, 0.25) is 5.28 Å². The van der Waals surface area contributed by atoms with E-state index in [0.29, 0.717) is 4.47 Å². The van der Waals surface area contributed by atoms with Gasteiger partial charge in [0.05, 0.1) is 11.1 Å². The molecule has 1 heterocycles. The van der Waals surface area contributed by atoms with Gasteiger partial charge >= 0.3 is 6.18 Å². The number of rotatable bonds is 1. The van der Waals surface area contributed by atoms with Gasteiger partial charge in [-0.3, -0.25) is 0 Å². The number of hydrogen-bond acceptors (Lipinski definition) is 3. The predicted molar refractivity (Wildman–Crippen MR) is 57.4 cm³/mol.